The van der Waals surface area contributed by atoms with Crippen molar-refractivity contribution in [2.24, 2.45) is 0 Å². The molecule has 0 radical (unpaired) electrons. The molecule has 19 heavy (non-hydrogen) atoms. The predicted molar refractivity (Wildman–Crippen MR) is 67.5 cm³/mol. The monoisotopic (exact) mass is 281 g/mol. The quantitative estimate of drug-likeness (QED) is 0.780. The number of hydrogen-bond donors (Lipinski definition) is 3. The number of aromatic carboxylic acids is 1. The SMILES string of the molecule is Cc1ccc(NS(=O)(=O)c2c[nH]c(C(=O)O)c2)nc1. The topological polar surface area (TPSA) is 112 Å². The van der Waals surface area contributed by atoms with Gasteiger partial charge in [-0.15, -0.1) is 0 Å². The van der Waals surface area contributed by atoms with E-state index in [1.54, 1.807) is 6.07 Å². The summed E-state index contributed by atoms with van der Waals surface area (Å²) < 4.78 is 26.2. The number of carboxylic acid groups (broad SMARTS) is 1. The number of pyridine rings is 1. The second kappa shape index (κ2) is 4.73. The average Bonchev–Trinajstić information content (AvgIpc) is 2.82. The number of nitrogens with one attached hydrogen (secondary N) is 2. The highest BCUT2D eigenvalue weighted by molar-refractivity contribution is 7.92. The van der Waals surface area contributed by atoms with E-state index in [1.807, 2.05) is 6.92 Å². The van der Waals surface area contributed by atoms with Gasteiger partial charge in [-0.25, -0.2) is 18.2 Å². The van der Waals surface area contributed by atoms with Crippen LogP contribution in [0, 0.1) is 6.92 Å². The van der Waals surface area contributed by atoms with Crippen molar-refractivity contribution in [3.05, 3.63) is 41.9 Å². The fourth-order valence-corrected chi connectivity index (χ4v) is 2.38. The maximum Gasteiger partial charge on any atom is 0.352 e. The Kier molecular flexibility index (Phi) is 3.26. The van der Waals surface area contributed by atoms with Gasteiger partial charge in [-0.05, 0) is 24.6 Å². The van der Waals surface area contributed by atoms with E-state index in [1.165, 1.54) is 12.3 Å². The van der Waals surface area contributed by atoms with Crippen LogP contribution in [0.3, 0.4) is 0 Å². The normalized spacial score (nSPS) is 11.2. The maximum atomic E-state index is 12.0. The summed E-state index contributed by atoms with van der Waals surface area (Å²) in [4.78, 5) is 16.8. The molecule has 0 unspecified atom stereocenters. The van der Waals surface area contributed by atoms with E-state index in [-0.39, 0.29) is 16.4 Å². The average molecular weight is 281 g/mol. The zero-order valence-electron chi connectivity index (χ0n) is 9.91. The van der Waals surface area contributed by atoms with Crippen molar-refractivity contribution >= 4 is 21.8 Å². The van der Waals surface area contributed by atoms with Crippen LogP contribution in [0.15, 0.2) is 35.5 Å². The van der Waals surface area contributed by atoms with Gasteiger partial charge in [0.1, 0.15) is 16.4 Å². The molecule has 0 spiro atoms. The Labute approximate surface area is 109 Å². The fraction of sp³-hybridized carbons (Fsp3) is 0.0909. The van der Waals surface area contributed by atoms with Crippen LogP contribution in [0.4, 0.5) is 5.82 Å². The third kappa shape index (κ3) is 2.91. The molecule has 3 N–H and O–H groups in total. The van der Waals surface area contributed by atoms with Gasteiger partial charge in [0.05, 0.1) is 0 Å². The van der Waals surface area contributed by atoms with Crippen molar-refractivity contribution in [2.45, 2.75) is 11.8 Å². The van der Waals surface area contributed by atoms with Crippen molar-refractivity contribution in [1.29, 1.82) is 0 Å². The Hall–Kier alpha value is -2.35. The summed E-state index contributed by atoms with van der Waals surface area (Å²) in [5.74, 6) is -1.06. The van der Waals surface area contributed by atoms with Crippen molar-refractivity contribution in [3.8, 4) is 0 Å². The van der Waals surface area contributed by atoms with Gasteiger partial charge in [0, 0.05) is 12.4 Å². The Bertz CT molecular complexity index is 704. The number of sulfonamides is 1. The Morgan fingerprint density at radius 2 is 2.16 bits per heavy atom. The summed E-state index contributed by atoms with van der Waals surface area (Å²) in [5, 5.41) is 8.73. The zero-order valence-corrected chi connectivity index (χ0v) is 10.7. The van der Waals surface area contributed by atoms with E-state index in [0.29, 0.717) is 0 Å². The largest absolute Gasteiger partial charge is 0.477 e. The van der Waals surface area contributed by atoms with Gasteiger partial charge < -0.3 is 10.1 Å². The van der Waals surface area contributed by atoms with Gasteiger partial charge in [-0.1, -0.05) is 6.07 Å². The molecular formula is C11H11N3O4S. The van der Waals surface area contributed by atoms with Crippen LogP contribution >= 0.6 is 0 Å². The minimum atomic E-state index is -3.85. The van der Waals surface area contributed by atoms with E-state index >= 15 is 0 Å². The molecule has 0 amide bonds. The number of H-pyrrole nitrogens is 1. The van der Waals surface area contributed by atoms with Gasteiger partial charge in [0.15, 0.2) is 0 Å². The van der Waals surface area contributed by atoms with E-state index in [2.05, 4.69) is 14.7 Å². The lowest BCUT2D eigenvalue weighted by atomic mass is 10.3. The molecule has 0 atom stereocenters. The van der Waals surface area contributed by atoms with E-state index in [4.69, 9.17) is 5.11 Å². The van der Waals surface area contributed by atoms with Gasteiger partial charge in [0.2, 0.25) is 0 Å². The van der Waals surface area contributed by atoms with E-state index in [0.717, 1.165) is 17.8 Å². The molecule has 2 aromatic rings. The Balaban J connectivity index is 2.26. The second-order valence-electron chi connectivity index (χ2n) is 3.88. The summed E-state index contributed by atoms with van der Waals surface area (Å²) >= 11 is 0. The smallest absolute Gasteiger partial charge is 0.352 e. The minimum absolute atomic E-state index is 0.160. The second-order valence-corrected chi connectivity index (χ2v) is 5.56. The zero-order chi connectivity index (χ0) is 14.0. The number of anilines is 1. The van der Waals surface area contributed by atoms with Crippen LogP contribution in [0.2, 0.25) is 0 Å². The molecule has 2 aromatic heterocycles. The molecule has 0 saturated carbocycles. The highest BCUT2D eigenvalue weighted by atomic mass is 32.2. The summed E-state index contributed by atoms with van der Waals surface area (Å²) in [6, 6.07) is 4.28. The van der Waals surface area contributed by atoms with Crippen molar-refractivity contribution in [1.82, 2.24) is 9.97 Å². The van der Waals surface area contributed by atoms with Crippen LogP contribution in [0.1, 0.15) is 16.1 Å². The molecule has 0 saturated heterocycles. The first-order valence-corrected chi connectivity index (χ1v) is 6.74. The fourth-order valence-electron chi connectivity index (χ4n) is 1.38. The maximum absolute atomic E-state index is 12.0. The number of rotatable bonds is 4. The number of hydrogen-bond acceptors (Lipinski definition) is 4. The van der Waals surface area contributed by atoms with Crippen molar-refractivity contribution < 1.29 is 18.3 Å². The Morgan fingerprint density at radius 1 is 1.42 bits per heavy atom. The molecular weight excluding hydrogens is 270 g/mol. The first kappa shape index (κ1) is 13.1. The molecule has 0 fully saturated rings. The molecule has 8 heteroatoms. The van der Waals surface area contributed by atoms with Crippen LogP contribution < -0.4 is 4.72 Å². The number of nitrogens with zero attached hydrogens (tertiary/aromatic N) is 1. The molecule has 100 valence electrons. The Morgan fingerprint density at radius 3 is 2.68 bits per heavy atom. The highest BCUT2D eigenvalue weighted by Gasteiger charge is 2.18. The first-order chi connectivity index (χ1) is 8.88. The number of carboxylic acids is 1. The van der Waals surface area contributed by atoms with Crippen LogP contribution in [0.25, 0.3) is 0 Å². The van der Waals surface area contributed by atoms with Crippen molar-refractivity contribution in [3.63, 3.8) is 0 Å². The van der Waals surface area contributed by atoms with Crippen LogP contribution in [0.5, 0.6) is 0 Å². The number of aryl methyl sites for hydroxylation is 1. The third-order valence-electron chi connectivity index (χ3n) is 2.35. The minimum Gasteiger partial charge on any atom is -0.477 e. The summed E-state index contributed by atoms with van der Waals surface area (Å²) in [5.41, 5.74) is 0.704. The molecule has 7 nitrogen and oxygen atoms in total. The van der Waals surface area contributed by atoms with Gasteiger partial charge >= 0.3 is 5.97 Å². The lowest BCUT2D eigenvalue weighted by molar-refractivity contribution is 0.0691. The molecule has 0 aromatic carbocycles. The number of aromatic amines is 1. The lowest BCUT2D eigenvalue weighted by Gasteiger charge is -2.05. The highest BCUT2D eigenvalue weighted by Crippen LogP contribution is 2.15. The number of carbonyl (C=O) groups is 1. The first-order valence-electron chi connectivity index (χ1n) is 5.26. The summed E-state index contributed by atoms with van der Waals surface area (Å²) in [6.07, 6.45) is 2.64. The third-order valence-corrected chi connectivity index (χ3v) is 3.68. The van der Waals surface area contributed by atoms with Gasteiger partial charge in [-0.3, -0.25) is 4.72 Å². The van der Waals surface area contributed by atoms with Crippen molar-refractivity contribution in [2.75, 3.05) is 4.72 Å². The molecule has 2 heterocycles. The predicted octanol–water partition coefficient (Wildman–Crippen LogP) is 1.22. The molecule has 2 rings (SSSR count). The lowest BCUT2D eigenvalue weighted by Crippen LogP contribution is -2.13. The molecule has 0 aliphatic heterocycles. The standard InChI is InChI=1S/C11H11N3O4S/c1-7-2-3-10(13-5-7)14-19(17,18)8-4-9(11(15)16)12-6-8/h2-6,12H,1H3,(H,13,14)(H,15,16). The van der Waals surface area contributed by atoms with Gasteiger partial charge in [-0.2, -0.15) is 0 Å². The van der Waals surface area contributed by atoms with Gasteiger partial charge in [0.25, 0.3) is 10.0 Å². The molecule has 0 aliphatic carbocycles. The molecule has 0 bridgehead atoms. The van der Waals surface area contributed by atoms with E-state index < -0.39 is 16.0 Å². The number of aromatic nitrogens is 2. The van der Waals surface area contributed by atoms with Crippen LogP contribution in [-0.4, -0.2) is 29.5 Å². The molecule has 0 aliphatic rings. The van der Waals surface area contributed by atoms with Crippen LogP contribution in [-0.2, 0) is 10.0 Å². The summed E-state index contributed by atoms with van der Waals surface area (Å²) in [6.45, 7) is 1.83. The van der Waals surface area contributed by atoms with E-state index in [9.17, 15) is 13.2 Å². The summed E-state index contributed by atoms with van der Waals surface area (Å²) in [7, 11) is -3.85.